The zero-order chi connectivity index (χ0) is 16.2. The van der Waals surface area contributed by atoms with Crippen LogP contribution in [0.1, 0.15) is 16.4 Å². The largest absolute Gasteiger partial charge is 0.468 e. The first-order valence-electron chi connectivity index (χ1n) is 6.93. The van der Waals surface area contributed by atoms with Crippen molar-refractivity contribution in [3.63, 3.8) is 0 Å². The van der Waals surface area contributed by atoms with Gasteiger partial charge in [-0.2, -0.15) is 11.3 Å². The lowest BCUT2D eigenvalue weighted by atomic mass is 10.2. The van der Waals surface area contributed by atoms with Gasteiger partial charge in [-0.3, -0.25) is 9.36 Å². The molecule has 0 amide bonds. The average molecular weight is 345 g/mol. The van der Waals surface area contributed by atoms with E-state index >= 15 is 0 Å². The van der Waals surface area contributed by atoms with Crippen LogP contribution in [0.3, 0.4) is 0 Å². The van der Waals surface area contributed by atoms with E-state index in [1.807, 2.05) is 52.6 Å². The first-order valence-corrected chi connectivity index (χ1v) is 8.75. The first kappa shape index (κ1) is 15.8. The third kappa shape index (κ3) is 3.30. The maximum atomic E-state index is 12.2. The molecule has 0 saturated heterocycles. The summed E-state index contributed by atoms with van der Waals surface area (Å²) in [4.78, 5) is 12.2. The van der Waals surface area contributed by atoms with Gasteiger partial charge in [0.05, 0.1) is 12.8 Å². The zero-order valence-electron chi connectivity index (χ0n) is 12.7. The second kappa shape index (κ2) is 6.97. The molecule has 0 spiro atoms. The van der Waals surface area contributed by atoms with Crippen molar-refractivity contribution in [3.05, 3.63) is 58.5 Å². The molecule has 5 nitrogen and oxygen atoms in total. The number of rotatable bonds is 5. The highest BCUT2D eigenvalue weighted by molar-refractivity contribution is 8.00. The van der Waals surface area contributed by atoms with E-state index in [1.54, 1.807) is 17.7 Å². The minimum atomic E-state index is -0.460. The number of benzene rings is 1. The van der Waals surface area contributed by atoms with Crippen molar-refractivity contribution in [1.29, 1.82) is 0 Å². The van der Waals surface area contributed by atoms with E-state index in [9.17, 15) is 4.79 Å². The van der Waals surface area contributed by atoms with Gasteiger partial charge >= 0.3 is 5.97 Å². The molecule has 0 saturated carbocycles. The van der Waals surface area contributed by atoms with E-state index < -0.39 is 5.25 Å². The third-order valence-corrected chi connectivity index (χ3v) is 5.27. The molecule has 118 valence electrons. The molecule has 1 aromatic carbocycles. The second-order valence-electron chi connectivity index (χ2n) is 4.85. The van der Waals surface area contributed by atoms with Gasteiger partial charge < -0.3 is 4.74 Å². The number of aromatic nitrogens is 3. The van der Waals surface area contributed by atoms with E-state index in [-0.39, 0.29) is 5.97 Å². The SMILES string of the molecule is COC(=O)[C@@H](Sc1nncn1-c1ccccc1C)c1ccsc1. The number of thiophene rings is 1. The number of methoxy groups -OCH3 is 1. The molecule has 23 heavy (non-hydrogen) atoms. The number of ether oxygens (including phenoxy) is 1. The van der Waals surface area contributed by atoms with E-state index in [1.165, 1.54) is 18.9 Å². The van der Waals surface area contributed by atoms with Crippen molar-refractivity contribution in [1.82, 2.24) is 14.8 Å². The number of aryl methyl sites for hydroxylation is 1. The molecule has 0 aliphatic carbocycles. The van der Waals surface area contributed by atoms with Gasteiger partial charge in [0, 0.05) is 0 Å². The Bertz CT molecular complexity index is 799. The van der Waals surface area contributed by atoms with Gasteiger partial charge in [0.1, 0.15) is 11.6 Å². The molecule has 0 N–H and O–H groups in total. The van der Waals surface area contributed by atoms with E-state index in [4.69, 9.17) is 4.74 Å². The summed E-state index contributed by atoms with van der Waals surface area (Å²) in [5, 5.41) is 12.3. The van der Waals surface area contributed by atoms with Gasteiger partial charge in [-0.25, -0.2) is 0 Å². The van der Waals surface area contributed by atoms with Crippen LogP contribution >= 0.6 is 23.1 Å². The Balaban J connectivity index is 1.95. The molecule has 7 heteroatoms. The number of para-hydroxylation sites is 1. The van der Waals surface area contributed by atoms with E-state index in [0.717, 1.165) is 16.8 Å². The standard InChI is InChI=1S/C16H15N3O2S2/c1-11-5-3-4-6-13(11)19-10-17-18-16(19)23-14(15(20)21-2)12-7-8-22-9-12/h3-10,14H,1-2H3/t14-/m0/s1. The van der Waals surface area contributed by atoms with Crippen LogP contribution in [0.25, 0.3) is 5.69 Å². The minimum absolute atomic E-state index is 0.298. The lowest BCUT2D eigenvalue weighted by molar-refractivity contribution is -0.140. The van der Waals surface area contributed by atoms with Gasteiger partial charge in [0.25, 0.3) is 0 Å². The highest BCUT2D eigenvalue weighted by Gasteiger charge is 2.26. The Hall–Kier alpha value is -2.12. The van der Waals surface area contributed by atoms with Gasteiger partial charge in [0.2, 0.25) is 0 Å². The number of thioether (sulfide) groups is 1. The molecule has 0 aliphatic heterocycles. The Morgan fingerprint density at radius 3 is 2.87 bits per heavy atom. The van der Waals surface area contributed by atoms with Gasteiger partial charge in [-0.05, 0) is 40.9 Å². The number of carbonyl (C=O) groups is 1. The van der Waals surface area contributed by atoms with Crippen LogP contribution in [-0.4, -0.2) is 27.8 Å². The highest BCUT2D eigenvalue weighted by Crippen LogP contribution is 2.37. The van der Waals surface area contributed by atoms with E-state index in [2.05, 4.69) is 10.2 Å². The number of hydrogen-bond donors (Lipinski definition) is 0. The summed E-state index contributed by atoms with van der Waals surface area (Å²) in [6, 6.07) is 9.90. The normalized spacial score (nSPS) is 12.1. The Morgan fingerprint density at radius 2 is 2.17 bits per heavy atom. The molecule has 3 rings (SSSR count). The fraction of sp³-hybridized carbons (Fsp3) is 0.188. The fourth-order valence-corrected chi connectivity index (χ4v) is 4.00. The van der Waals surface area contributed by atoms with Crippen molar-refractivity contribution < 1.29 is 9.53 Å². The predicted octanol–water partition coefficient (Wildman–Crippen LogP) is 3.64. The summed E-state index contributed by atoms with van der Waals surface area (Å²) in [5.74, 6) is -0.298. The summed E-state index contributed by atoms with van der Waals surface area (Å²) in [5.41, 5.74) is 3.01. The van der Waals surface area contributed by atoms with Crippen molar-refractivity contribution in [3.8, 4) is 5.69 Å². The number of hydrogen-bond acceptors (Lipinski definition) is 6. The summed E-state index contributed by atoms with van der Waals surface area (Å²) < 4.78 is 6.83. The Morgan fingerprint density at radius 1 is 1.35 bits per heavy atom. The molecule has 2 heterocycles. The Labute approximate surface area is 142 Å². The minimum Gasteiger partial charge on any atom is -0.468 e. The predicted molar refractivity (Wildman–Crippen MR) is 91.0 cm³/mol. The van der Waals surface area contributed by atoms with E-state index in [0.29, 0.717) is 5.16 Å². The molecule has 0 bridgehead atoms. The second-order valence-corrected chi connectivity index (χ2v) is 6.70. The molecule has 1 atom stereocenters. The molecule has 0 radical (unpaired) electrons. The number of carbonyl (C=O) groups excluding carboxylic acids is 1. The zero-order valence-corrected chi connectivity index (χ0v) is 14.3. The summed E-state index contributed by atoms with van der Waals surface area (Å²) >= 11 is 2.88. The quantitative estimate of drug-likeness (QED) is 0.522. The van der Waals surface area contributed by atoms with Crippen LogP contribution in [0, 0.1) is 6.92 Å². The maximum absolute atomic E-state index is 12.2. The Kier molecular flexibility index (Phi) is 4.78. The summed E-state index contributed by atoms with van der Waals surface area (Å²) in [6.45, 7) is 2.03. The first-order chi connectivity index (χ1) is 11.2. The van der Waals surface area contributed by atoms with Crippen molar-refractivity contribution >= 4 is 29.1 Å². The molecule has 2 aromatic heterocycles. The molecule has 3 aromatic rings. The van der Waals surface area contributed by atoms with Crippen molar-refractivity contribution in [2.45, 2.75) is 17.3 Å². The van der Waals surface area contributed by atoms with Crippen LogP contribution in [0.5, 0.6) is 0 Å². The van der Waals surface area contributed by atoms with Crippen LogP contribution < -0.4 is 0 Å². The van der Waals surface area contributed by atoms with Crippen LogP contribution in [0.2, 0.25) is 0 Å². The van der Waals surface area contributed by atoms with Crippen LogP contribution in [0.4, 0.5) is 0 Å². The third-order valence-electron chi connectivity index (χ3n) is 3.38. The monoisotopic (exact) mass is 345 g/mol. The van der Waals surface area contributed by atoms with Crippen LogP contribution in [-0.2, 0) is 9.53 Å². The topological polar surface area (TPSA) is 57.0 Å². The summed E-state index contributed by atoms with van der Waals surface area (Å²) in [7, 11) is 1.40. The fourth-order valence-electron chi connectivity index (χ4n) is 2.19. The number of nitrogens with zero attached hydrogens (tertiary/aromatic N) is 3. The molecular weight excluding hydrogens is 330 g/mol. The molecule has 0 aliphatic rings. The molecular formula is C16H15N3O2S2. The van der Waals surface area contributed by atoms with Crippen LogP contribution in [0.15, 0.2) is 52.6 Å². The highest BCUT2D eigenvalue weighted by atomic mass is 32.2. The molecule has 0 unspecified atom stereocenters. The average Bonchev–Trinajstić information content (AvgIpc) is 3.24. The van der Waals surface area contributed by atoms with Gasteiger partial charge in [0.15, 0.2) is 5.16 Å². The lowest BCUT2D eigenvalue weighted by Gasteiger charge is -2.14. The van der Waals surface area contributed by atoms with Gasteiger partial charge in [-0.15, -0.1) is 10.2 Å². The summed E-state index contributed by atoms with van der Waals surface area (Å²) in [6.07, 6.45) is 1.66. The number of esters is 1. The van der Waals surface area contributed by atoms with Crippen molar-refractivity contribution in [2.24, 2.45) is 0 Å². The lowest BCUT2D eigenvalue weighted by Crippen LogP contribution is -2.11. The maximum Gasteiger partial charge on any atom is 0.323 e. The molecule has 0 fully saturated rings. The van der Waals surface area contributed by atoms with Crippen molar-refractivity contribution in [2.75, 3.05) is 7.11 Å². The smallest absolute Gasteiger partial charge is 0.323 e. The van der Waals surface area contributed by atoms with Gasteiger partial charge in [-0.1, -0.05) is 30.0 Å².